The van der Waals surface area contributed by atoms with Crippen molar-refractivity contribution < 1.29 is 9.90 Å². The molecule has 0 bridgehead atoms. The van der Waals surface area contributed by atoms with Crippen molar-refractivity contribution >= 4 is 5.97 Å². The SMILES string of the molecule is CC(C)c1ccn(-c2ccncc2C(=O)O)n1. The second-order valence-electron chi connectivity index (χ2n) is 4.04. The molecule has 2 heterocycles. The maximum absolute atomic E-state index is 11.1. The van der Waals surface area contributed by atoms with E-state index in [4.69, 9.17) is 5.11 Å². The number of nitrogens with zero attached hydrogens (tertiary/aromatic N) is 3. The lowest BCUT2D eigenvalue weighted by Gasteiger charge is -2.05. The largest absolute Gasteiger partial charge is 0.478 e. The lowest BCUT2D eigenvalue weighted by molar-refractivity contribution is 0.0696. The monoisotopic (exact) mass is 231 g/mol. The molecule has 0 aliphatic carbocycles. The topological polar surface area (TPSA) is 68.0 Å². The Hall–Kier alpha value is -2.17. The van der Waals surface area contributed by atoms with Crippen molar-refractivity contribution in [3.8, 4) is 5.69 Å². The highest BCUT2D eigenvalue weighted by molar-refractivity contribution is 5.91. The first-order valence-corrected chi connectivity index (χ1v) is 5.33. The Bertz CT molecular complexity index is 546. The average Bonchev–Trinajstić information content (AvgIpc) is 2.78. The minimum absolute atomic E-state index is 0.144. The van der Waals surface area contributed by atoms with E-state index in [9.17, 15) is 4.79 Å². The van der Waals surface area contributed by atoms with Crippen LogP contribution in [0.25, 0.3) is 5.69 Å². The van der Waals surface area contributed by atoms with E-state index < -0.39 is 5.97 Å². The summed E-state index contributed by atoms with van der Waals surface area (Å²) in [7, 11) is 0. The van der Waals surface area contributed by atoms with Gasteiger partial charge in [0.1, 0.15) is 5.56 Å². The Balaban J connectivity index is 2.49. The van der Waals surface area contributed by atoms with Gasteiger partial charge in [-0.05, 0) is 18.1 Å². The zero-order valence-corrected chi connectivity index (χ0v) is 9.66. The van der Waals surface area contributed by atoms with Crippen LogP contribution < -0.4 is 0 Å². The predicted octanol–water partition coefficient (Wildman–Crippen LogP) is 2.09. The van der Waals surface area contributed by atoms with Crippen molar-refractivity contribution in [1.82, 2.24) is 14.8 Å². The van der Waals surface area contributed by atoms with Crippen LogP contribution in [0.3, 0.4) is 0 Å². The van der Waals surface area contributed by atoms with Crippen molar-refractivity contribution in [3.05, 3.63) is 42.0 Å². The number of pyridine rings is 1. The van der Waals surface area contributed by atoms with Crippen LogP contribution in [0.5, 0.6) is 0 Å². The molecule has 17 heavy (non-hydrogen) atoms. The van der Waals surface area contributed by atoms with Gasteiger partial charge in [0.15, 0.2) is 0 Å². The van der Waals surface area contributed by atoms with Crippen molar-refractivity contribution in [1.29, 1.82) is 0 Å². The minimum Gasteiger partial charge on any atom is -0.478 e. The summed E-state index contributed by atoms with van der Waals surface area (Å²) in [5, 5.41) is 13.4. The van der Waals surface area contributed by atoms with Crippen LogP contribution in [-0.2, 0) is 0 Å². The minimum atomic E-state index is -1.00. The molecule has 5 heteroatoms. The Morgan fingerprint density at radius 3 is 2.76 bits per heavy atom. The number of rotatable bonds is 3. The molecule has 2 rings (SSSR count). The van der Waals surface area contributed by atoms with E-state index in [2.05, 4.69) is 10.1 Å². The highest BCUT2D eigenvalue weighted by Crippen LogP contribution is 2.16. The summed E-state index contributed by atoms with van der Waals surface area (Å²) in [5.41, 5.74) is 1.60. The first-order chi connectivity index (χ1) is 8.09. The van der Waals surface area contributed by atoms with E-state index in [0.29, 0.717) is 11.6 Å². The highest BCUT2D eigenvalue weighted by atomic mass is 16.4. The number of hydrogen-bond donors (Lipinski definition) is 1. The van der Waals surface area contributed by atoms with Gasteiger partial charge < -0.3 is 5.11 Å². The van der Waals surface area contributed by atoms with Crippen LogP contribution in [0.4, 0.5) is 0 Å². The van der Waals surface area contributed by atoms with E-state index >= 15 is 0 Å². The summed E-state index contributed by atoms with van der Waals surface area (Å²) < 4.78 is 1.57. The molecule has 0 radical (unpaired) electrons. The Labute approximate surface area is 98.7 Å². The van der Waals surface area contributed by atoms with Gasteiger partial charge in [-0.2, -0.15) is 5.10 Å². The van der Waals surface area contributed by atoms with Gasteiger partial charge in [-0.15, -0.1) is 0 Å². The van der Waals surface area contributed by atoms with Gasteiger partial charge in [-0.3, -0.25) is 4.98 Å². The molecule has 0 spiro atoms. The molecule has 0 saturated carbocycles. The van der Waals surface area contributed by atoms with Crippen LogP contribution in [-0.4, -0.2) is 25.8 Å². The fourth-order valence-electron chi connectivity index (χ4n) is 1.53. The Kier molecular flexibility index (Phi) is 2.91. The van der Waals surface area contributed by atoms with Gasteiger partial charge in [-0.1, -0.05) is 13.8 Å². The standard InChI is InChI=1S/C12H13N3O2/c1-8(2)10-4-6-15(14-10)11-3-5-13-7-9(11)12(16)17/h3-8H,1-2H3,(H,16,17). The van der Waals surface area contributed by atoms with Crippen molar-refractivity contribution in [2.45, 2.75) is 19.8 Å². The predicted molar refractivity (Wildman–Crippen MR) is 62.4 cm³/mol. The molecule has 0 atom stereocenters. The third-order valence-corrected chi connectivity index (χ3v) is 2.48. The fraction of sp³-hybridized carbons (Fsp3) is 0.250. The number of aromatic nitrogens is 3. The zero-order valence-electron chi connectivity index (χ0n) is 9.66. The molecule has 0 aliphatic rings. The van der Waals surface area contributed by atoms with Gasteiger partial charge in [0.05, 0.1) is 11.4 Å². The number of carboxylic acids is 1. The summed E-state index contributed by atoms with van der Waals surface area (Å²) in [6.45, 7) is 4.08. The van der Waals surface area contributed by atoms with Gasteiger partial charge in [0.2, 0.25) is 0 Å². The van der Waals surface area contributed by atoms with Gasteiger partial charge >= 0.3 is 5.97 Å². The lowest BCUT2D eigenvalue weighted by Crippen LogP contribution is -2.06. The zero-order chi connectivity index (χ0) is 12.4. The summed E-state index contributed by atoms with van der Waals surface area (Å²) in [6, 6.07) is 3.53. The molecule has 0 aliphatic heterocycles. The first-order valence-electron chi connectivity index (χ1n) is 5.33. The van der Waals surface area contributed by atoms with Gasteiger partial charge in [0, 0.05) is 18.6 Å². The fourth-order valence-corrected chi connectivity index (χ4v) is 1.53. The van der Waals surface area contributed by atoms with Crippen LogP contribution >= 0.6 is 0 Å². The summed E-state index contributed by atoms with van der Waals surface area (Å²) in [5.74, 6) is -0.693. The first kappa shape index (κ1) is 11.3. The quantitative estimate of drug-likeness (QED) is 0.878. The lowest BCUT2D eigenvalue weighted by atomic mass is 10.1. The van der Waals surface area contributed by atoms with Crippen molar-refractivity contribution in [3.63, 3.8) is 0 Å². The molecule has 2 aromatic heterocycles. The molecular weight excluding hydrogens is 218 g/mol. The molecular formula is C12H13N3O2. The number of carboxylic acid groups (broad SMARTS) is 1. The molecule has 88 valence electrons. The molecule has 1 N–H and O–H groups in total. The molecule has 0 aromatic carbocycles. The summed E-state index contributed by atoms with van der Waals surface area (Å²) in [6.07, 6.45) is 4.64. The smallest absolute Gasteiger partial charge is 0.339 e. The van der Waals surface area contributed by atoms with Crippen LogP contribution in [0, 0.1) is 0 Å². The van der Waals surface area contributed by atoms with E-state index in [-0.39, 0.29) is 5.56 Å². The molecule has 5 nitrogen and oxygen atoms in total. The van der Waals surface area contributed by atoms with Crippen LogP contribution in [0.2, 0.25) is 0 Å². The van der Waals surface area contributed by atoms with E-state index in [0.717, 1.165) is 5.69 Å². The summed E-state index contributed by atoms with van der Waals surface area (Å²) in [4.78, 5) is 14.9. The Morgan fingerprint density at radius 2 is 2.18 bits per heavy atom. The molecule has 0 fully saturated rings. The van der Waals surface area contributed by atoms with Crippen LogP contribution in [0.15, 0.2) is 30.7 Å². The molecule has 0 unspecified atom stereocenters. The van der Waals surface area contributed by atoms with Crippen LogP contribution in [0.1, 0.15) is 35.8 Å². The molecule has 0 amide bonds. The maximum atomic E-state index is 11.1. The number of carbonyl (C=O) groups is 1. The third kappa shape index (κ3) is 2.18. The third-order valence-electron chi connectivity index (χ3n) is 2.48. The molecule has 0 saturated heterocycles. The Morgan fingerprint density at radius 1 is 1.41 bits per heavy atom. The second-order valence-corrected chi connectivity index (χ2v) is 4.04. The van der Waals surface area contributed by atoms with E-state index in [1.54, 1.807) is 23.1 Å². The second kappa shape index (κ2) is 4.37. The highest BCUT2D eigenvalue weighted by Gasteiger charge is 2.13. The maximum Gasteiger partial charge on any atom is 0.339 e. The van der Waals surface area contributed by atoms with Crippen molar-refractivity contribution in [2.24, 2.45) is 0 Å². The van der Waals surface area contributed by atoms with Gasteiger partial charge in [-0.25, -0.2) is 9.48 Å². The van der Waals surface area contributed by atoms with Crippen molar-refractivity contribution in [2.75, 3.05) is 0 Å². The average molecular weight is 231 g/mol. The van der Waals surface area contributed by atoms with E-state index in [1.807, 2.05) is 19.9 Å². The normalized spacial score (nSPS) is 10.8. The number of aromatic carboxylic acids is 1. The summed E-state index contributed by atoms with van der Waals surface area (Å²) >= 11 is 0. The molecule has 2 aromatic rings. The number of hydrogen-bond acceptors (Lipinski definition) is 3. The van der Waals surface area contributed by atoms with E-state index in [1.165, 1.54) is 6.20 Å². The van der Waals surface area contributed by atoms with Gasteiger partial charge in [0.25, 0.3) is 0 Å².